The molecule has 5 heteroatoms. The van der Waals surface area contributed by atoms with Crippen molar-refractivity contribution in [3.05, 3.63) is 6.07 Å². The first-order chi connectivity index (χ1) is 5.57. The summed E-state index contributed by atoms with van der Waals surface area (Å²) < 4.78 is 4.76. The van der Waals surface area contributed by atoms with Crippen LogP contribution in [-0.4, -0.2) is 17.3 Å². The molecule has 1 aromatic carbocycles. The first-order valence-electron chi connectivity index (χ1n) is 3.21. The Morgan fingerprint density at radius 2 is 1.83 bits per heavy atom. The number of benzene rings is 1. The van der Waals surface area contributed by atoms with Crippen molar-refractivity contribution in [2.45, 2.75) is 0 Å². The number of nitrogens with two attached hydrogens (primary N) is 2. The third-order valence-corrected chi connectivity index (χ3v) is 1.54. The standard InChI is InChI=1S/C7H10N2O3/c1-12-4-2-3(10)5(8)7(11)6(4)9/h2,10-11H,8-9H2,1H3. The second-order valence-corrected chi connectivity index (χ2v) is 2.27. The van der Waals surface area contributed by atoms with Gasteiger partial charge in [-0.05, 0) is 0 Å². The van der Waals surface area contributed by atoms with Gasteiger partial charge in [-0.25, -0.2) is 0 Å². The summed E-state index contributed by atoms with van der Waals surface area (Å²) in [6.45, 7) is 0. The van der Waals surface area contributed by atoms with Gasteiger partial charge in [-0.15, -0.1) is 0 Å². The smallest absolute Gasteiger partial charge is 0.169 e. The molecule has 0 bridgehead atoms. The minimum Gasteiger partial charge on any atom is -0.505 e. The lowest BCUT2D eigenvalue weighted by atomic mass is 10.2. The largest absolute Gasteiger partial charge is 0.505 e. The molecule has 0 heterocycles. The van der Waals surface area contributed by atoms with Crippen LogP contribution in [0.25, 0.3) is 0 Å². The number of hydrogen-bond acceptors (Lipinski definition) is 5. The maximum absolute atomic E-state index is 9.21. The number of nitrogen functional groups attached to an aromatic ring is 2. The average molecular weight is 170 g/mol. The van der Waals surface area contributed by atoms with E-state index >= 15 is 0 Å². The Morgan fingerprint density at radius 3 is 2.33 bits per heavy atom. The number of methoxy groups -OCH3 is 1. The topological polar surface area (TPSA) is 102 Å². The van der Waals surface area contributed by atoms with Crippen molar-refractivity contribution >= 4 is 11.4 Å². The van der Waals surface area contributed by atoms with Crippen LogP contribution in [0.2, 0.25) is 0 Å². The van der Waals surface area contributed by atoms with Crippen molar-refractivity contribution < 1.29 is 14.9 Å². The van der Waals surface area contributed by atoms with Crippen molar-refractivity contribution in [3.63, 3.8) is 0 Å². The van der Waals surface area contributed by atoms with Gasteiger partial charge in [-0.2, -0.15) is 0 Å². The van der Waals surface area contributed by atoms with Crippen LogP contribution >= 0.6 is 0 Å². The van der Waals surface area contributed by atoms with E-state index in [1.807, 2.05) is 0 Å². The molecule has 1 aromatic rings. The van der Waals surface area contributed by atoms with Crippen molar-refractivity contribution in [2.75, 3.05) is 18.6 Å². The maximum atomic E-state index is 9.21. The highest BCUT2D eigenvalue weighted by Gasteiger charge is 2.12. The van der Waals surface area contributed by atoms with E-state index in [4.69, 9.17) is 21.3 Å². The number of aromatic hydroxyl groups is 2. The molecule has 0 spiro atoms. The maximum Gasteiger partial charge on any atom is 0.169 e. The van der Waals surface area contributed by atoms with E-state index in [9.17, 15) is 5.11 Å². The Labute approximate surface area is 69.2 Å². The van der Waals surface area contributed by atoms with Crippen LogP contribution in [0.5, 0.6) is 17.2 Å². The molecule has 5 nitrogen and oxygen atoms in total. The van der Waals surface area contributed by atoms with Crippen molar-refractivity contribution in [3.8, 4) is 17.2 Å². The number of phenolic OH excluding ortho intramolecular Hbond substituents is 2. The molecule has 0 atom stereocenters. The fourth-order valence-corrected chi connectivity index (χ4v) is 0.832. The minimum absolute atomic E-state index is 0.0211. The van der Waals surface area contributed by atoms with Gasteiger partial charge in [0.1, 0.15) is 22.9 Å². The van der Waals surface area contributed by atoms with E-state index in [0.717, 1.165) is 0 Å². The van der Waals surface area contributed by atoms with Crippen LogP contribution < -0.4 is 16.2 Å². The molecular formula is C7H10N2O3. The molecule has 0 radical (unpaired) electrons. The Hall–Kier alpha value is -1.78. The number of ether oxygens (including phenoxy) is 1. The zero-order valence-electron chi connectivity index (χ0n) is 6.53. The highest BCUT2D eigenvalue weighted by molar-refractivity contribution is 5.77. The van der Waals surface area contributed by atoms with Crippen LogP contribution in [-0.2, 0) is 0 Å². The van der Waals surface area contributed by atoms with E-state index in [-0.39, 0.29) is 28.6 Å². The summed E-state index contributed by atoms with van der Waals surface area (Å²) >= 11 is 0. The number of phenols is 2. The molecule has 0 aliphatic rings. The number of rotatable bonds is 1. The summed E-state index contributed by atoms with van der Waals surface area (Å²) in [6, 6.07) is 1.24. The molecule has 0 saturated carbocycles. The predicted octanol–water partition coefficient (Wildman–Crippen LogP) is 0.271. The summed E-state index contributed by atoms with van der Waals surface area (Å²) in [5, 5.41) is 18.3. The summed E-state index contributed by atoms with van der Waals surface area (Å²) in [4.78, 5) is 0. The first-order valence-corrected chi connectivity index (χ1v) is 3.21. The van der Waals surface area contributed by atoms with E-state index in [1.54, 1.807) is 0 Å². The van der Waals surface area contributed by atoms with Crippen molar-refractivity contribution in [1.29, 1.82) is 0 Å². The Morgan fingerprint density at radius 1 is 1.25 bits per heavy atom. The average Bonchev–Trinajstić information content (AvgIpc) is 2.08. The molecule has 0 fully saturated rings. The monoisotopic (exact) mass is 170 g/mol. The molecule has 0 unspecified atom stereocenters. The molecular weight excluding hydrogens is 160 g/mol. The van der Waals surface area contributed by atoms with Gasteiger partial charge in [0.2, 0.25) is 0 Å². The van der Waals surface area contributed by atoms with Crippen LogP contribution in [0.3, 0.4) is 0 Å². The van der Waals surface area contributed by atoms with Crippen LogP contribution in [0, 0.1) is 0 Å². The zero-order valence-corrected chi connectivity index (χ0v) is 6.53. The normalized spacial score (nSPS) is 9.75. The molecule has 0 aliphatic carbocycles. The molecule has 0 amide bonds. The Bertz CT molecular complexity index is 312. The van der Waals surface area contributed by atoms with Gasteiger partial charge in [0, 0.05) is 6.07 Å². The van der Waals surface area contributed by atoms with Gasteiger partial charge in [-0.3, -0.25) is 0 Å². The minimum atomic E-state index is -0.355. The summed E-state index contributed by atoms with van der Waals surface area (Å²) in [5.74, 6) is -0.412. The van der Waals surface area contributed by atoms with Crippen LogP contribution in [0.15, 0.2) is 6.07 Å². The van der Waals surface area contributed by atoms with E-state index in [2.05, 4.69) is 0 Å². The second kappa shape index (κ2) is 2.69. The predicted molar refractivity (Wildman–Crippen MR) is 45.1 cm³/mol. The van der Waals surface area contributed by atoms with Crippen LogP contribution in [0.1, 0.15) is 0 Å². The quantitative estimate of drug-likeness (QED) is 0.275. The first kappa shape index (κ1) is 8.32. The van der Waals surface area contributed by atoms with Crippen LogP contribution in [0.4, 0.5) is 11.4 Å². The van der Waals surface area contributed by atoms with Gasteiger partial charge < -0.3 is 26.4 Å². The second-order valence-electron chi connectivity index (χ2n) is 2.27. The van der Waals surface area contributed by atoms with Gasteiger partial charge in [-0.1, -0.05) is 0 Å². The molecule has 1 rings (SSSR count). The number of hydrogen-bond donors (Lipinski definition) is 4. The Balaban J connectivity index is 3.39. The molecule has 6 N–H and O–H groups in total. The van der Waals surface area contributed by atoms with Crippen molar-refractivity contribution in [2.24, 2.45) is 0 Å². The summed E-state index contributed by atoms with van der Waals surface area (Å²) in [7, 11) is 1.38. The molecule has 0 aromatic heterocycles. The van der Waals surface area contributed by atoms with E-state index in [0.29, 0.717) is 0 Å². The fourth-order valence-electron chi connectivity index (χ4n) is 0.832. The fraction of sp³-hybridized carbons (Fsp3) is 0.143. The molecule has 0 saturated heterocycles. The van der Waals surface area contributed by atoms with Gasteiger partial charge in [0.25, 0.3) is 0 Å². The SMILES string of the molecule is COc1cc(O)c(N)c(O)c1N. The lowest BCUT2D eigenvalue weighted by molar-refractivity contribution is 0.402. The Kier molecular flexibility index (Phi) is 1.86. The van der Waals surface area contributed by atoms with E-state index < -0.39 is 0 Å². The molecule has 0 aliphatic heterocycles. The summed E-state index contributed by atoms with van der Waals surface area (Å²) in [6.07, 6.45) is 0. The highest BCUT2D eigenvalue weighted by atomic mass is 16.5. The van der Waals surface area contributed by atoms with Crippen molar-refractivity contribution in [1.82, 2.24) is 0 Å². The summed E-state index contributed by atoms with van der Waals surface area (Å²) in [5.41, 5.74) is 10.5. The van der Waals surface area contributed by atoms with E-state index in [1.165, 1.54) is 13.2 Å². The lowest BCUT2D eigenvalue weighted by Crippen LogP contribution is -1.96. The molecule has 66 valence electrons. The lowest BCUT2D eigenvalue weighted by Gasteiger charge is -2.09. The zero-order chi connectivity index (χ0) is 9.30. The van der Waals surface area contributed by atoms with Gasteiger partial charge in [0.05, 0.1) is 7.11 Å². The number of anilines is 2. The molecule has 12 heavy (non-hydrogen) atoms. The van der Waals surface area contributed by atoms with Gasteiger partial charge in [0.15, 0.2) is 5.75 Å². The van der Waals surface area contributed by atoms with Gasteiger partial charge >= 0.3 is 0 Å². The third kappa shape index (κ3) is 1.05. The third-order valence-electron chi connectivity index (χ3n) is 1.54. The highest BCUT2D eigenvalue weighted by Crippen LogP contribution is 2.41.